The summed E-state index contributed by atoms with van der Waals surface area (Å²) in [6.45, 7) is 23.1. The number of esters is 1. The Labute approximate surface area is 717 Å². The topological polar surface area (TPSA) is 59.3 Å². The first kappa shape index (κ1) is 90.5. The summed E-state index contributed by atoms with van der Waals surface area (Å²) < 4.78 is 10.4. The standard InChI is InChI=1S/C28H38.C24H26.C23H39N.C22H28.C17H18O3/c1-3-21-5-9-23(10-6-21)25-13-17-27(18-14-25)28-19-15-26(16-20-28)24-11-7-22(4-2)8-12-24;1-3-19-5-7-21(8-6-19)9-10-22-13-17-24(18-14-22)23-15-11-20(4-2)12-16-23;1-3-18-5-9-20(10-6-18)21-13-15-23(17-24,16-14-21)22-11-7-19(4-2)8-12-22;1-3-17-5-9-19(10-6-17)21-13-15-22(16-14-21)20-11-7-18(4-2)8-12-20;1-3-19-16-11-9-14(10-12-16)13-5-7-15(8-6-13)17(18)20-4-2/h13-24H,3-12H2,1-2H3;5-8,11-18H,3-4,9-10H2,1-2H3;18-22H,3-16H2,1-2H3;5-6,9-10,13-16,18,20H,3-4,7-8,11-12H2,1-2H3;5-12H,3-4H2,1-2H3. The van der Waals surface area contributed by atoms with Crippen molar-refractivity contribution < 1.29 is 14.3 Å². The Balaban J connectivity index is 0.000000145. The molecule has 0 atom stereocenters. The van der Waals surface area contributed by atoms with Crippen molar-refractivity contribution in [2.75, 3.05) is 13.2 Å². The molecule has 15 rings (SSSR count). The van der Waals surface area contributed by atoms with Gasteiger partial charge in [-0.25, -0.2) is 4.79 Å². The Bertz CT molecular complexity index is 4240. The van der Waals surface area contributed by atoms with Crippen LogP contribution in [0.1, 0.15) is 328 Å². The molecular weight excluding hydrogens is 1430 g/mol. The highest BCUT2D eigenvalue weighted by Crippen LogP contribution is 2.53. The molecule has 4 nitrogen and oxygen atoms in total. The lowest BCUT2D eigenvalue weighted by atomic mass is 9.58. The highest BCUT2D eigenvalue weighted by atomic mass is 16.5. The summed E-state index contributed by atoms with van der Waals surface area (Å²) in [4.78, 5) is 11.6. The Morgan fingerprint density at radius 1 is 0.305 bits per heavy atom. The van der Waals surface area contributed by atoms with Gasteiger partial charge in [0.1, 0.15) is 5.75 Å². The first-order valence-corrected chi connectivity index (χ1v) is 47.9. The van der Waals surface area contributed by atoms with E-state index in [0.717, 1.165) is 108 Å². The average Bonchev–Trinajstić information content (AvgIpc) is 1.70. The van der Waals surface area contributed by atoms with Gasteiger partial charge in [0.15, 0.2) is 0 Å². The largest absolute Gasteiger partial charge is 0.494 e. The summed E-state index contributed by atoms with van der Waals surface area (Å²) in [5.74, 6) is 10.5. The number of aryl methyl sites for hydroxylation is 5. The third kappa shape index (κ3) is 26.4. The quantitative estimate of drug-likeness (QED) is 0.0566. The van der Waals surface area contributed by atoms with Crippen LogP contribution in [-0.4, -0.2) is 19.2 Å². The fraction of sp³-hybridized carbons (Fsp3) is 0.509. The molecule has 0 bridgehead atoms. The fourth-order valence-electron chi connectivity index (χ4n) is 20.9. The Hall–Kier alpha value is -8.26. The minimum absolute atomic E-state index is 0.0514. The van der Waals surface area contributed by atoms with Gasteiger partial charge >= 0.3 is 5.97 Å². The molecule has 0 heterocycles. The summed E-state index contributed by atoms with van der Waals surface area (Å²) >= 11 is 0. The van der Waals surface area contributed by atoms with E-state index in [4.69, 9.17) is 9.47 Å². The lowest BCUT2D eigenvalue weighted by molar-refractivity contribution is 0.0526. The monoisotopic (exact) mass is 1580 g/mol. The zero-order valence-electron chi connectivity index (χ0n) is 74.8. The molecule has 6 saturated carbocycles. The van der Waals surface area contributed by atoms with Crippen molar-refractivity contribution in [3.8, 4) is 56.3 Å². The van der Waals surface area contributed by atoms with Crippen LogP contribution in [0.15, 0.2) is 218 Å². The summed E-state index contributed by atoms with van der Waals surface area (Å²) in [6.07, 6.45) is 45.6. The number of carbonyl (C=O) groups is 1. The lowest BCUT2D eigenvalue weighted by Crippen LogP contribution is -2.37. The van der Waals surface area contributed by atoms with Gasteiger partial charge in [-0.15, -0.1) is 0 Å². The second-order valence-electron chi connectivity index (χ2n) is 36.4. The molecule has 6 fully saturated rings. The third-order valence-corrected chi connectivity index (χ3v) is 29.6. The molecule has 0 spiro atoms. The van der Waals surface area contributed by atoms with Crippen molar-refractivity contribution in [3.63, 3.8) is 0 Å². The Kier molecular flexibility index (Phi) is 36.6. The minimum atomic E-state index is -0.286. The van der Waals surface area contributed by atoms with Gasteiger partial charge in [-0.1, -0.05) is 307 Å². The molecule has 4 heteroatoms. The lowest BCUT2D eigenvalue weighted by Gasteiger charge is -2.45. The van der Waals surface area contributed by atoms with E-state index in [1.807, 2.05) is 43.3 Å². The van der Waals surface area contributed by atoms with Crippen molar-refractivity contribution in [1.82, 2.24) is 0 Å². The molecule has 0 N–H and O–H groups in total. The summed E-state index contributed by atoms with van der Waals surface area (Å²) in [5, 5.41) is 10.0. The maximum atomic E-state index is 11.6. The van der Waals surface area contributed by atoms with Crippen LogP contribution in [0, 0.1) is 64.1 Å². The van der Waals surface area contributed by atoms with E-state index in [-0.39, 0.29) is 11.4 Å². The Morgan fingerprint density at radius 3 is 0.864 bits per heavy atom. The molecule has 6 aliphatic carbocycles. The van der Waals surface area contributed by atoms with E-state index in [9.17, 15) is 10.1 Å². The zero-order chi connectivity index (χ0) is 82.9. The molecule has 0 amide bonds. The van der Waals surface area contributed by atoms with Gasteiger partial charge in [-0.05, 0) is 353 Å². The maximum absolute atomic E-state index is 11.6. The number of nitrogens with zero attached hydrogens (tertiary/aromatic N) is 1. The molecule has 118 heavy (non-hydrogen) atoms. The first-order chi connectivity index (χ1) is 57.8. The molecule has 0 aliphatic heterocycles. The fourth-order valence-corrected chi connectivity index (χ4v) is 20.9. The minimum Gasteiger partial charge on any atom is -0.494 e. The number of hydrogen-bond donors (Lipinski definition) is 0. The van der Waals surface area contributed by atoms with E-state index >= 15 is 0 Å². The molecular formula is C114H149NO3. The van der Waals surface area contributed by atoms with E-state index in [1.54, 1.807) is 35.7 Å². The van der Waals surface area contributed by atoms with Crippen LogP contribution in [0.25, 0.3) is 44.5 Å². The van der Waals surface area contributed by atoms with Crippen molar-refractivity contribution in [2.45, 2.75) is 305 Å². The molecule has 9 aromatic rings. The molecule has 0 aromatic heterocycles. The maximum Gasteiger partial charge on any atom is 0.338 e. The van der Waals surface area contributed by atoms with Crippen molar-refractivity contribution in [2.24, 2.45) is 52.8 Å². The van der Waals surface area contributed by atoms with Gasteiger partial charge in [-0.3, -0.25) is 0 Å². The number of carbonyl (C=O) groups excluding carboxylic acids is 1. The van der Waals surface area contributed by atoms with E-state index in [0.29, 0.717) is 24.7 Å². The van der Waals surface area contributed by atoms with Gasteiger partial charge in [-0.2, -0.15) is 5.26 Å². The van der Waals surface area contributed by atoms with Gasteiger partial charge in [0.25, 0.3) is 0 Å². The van der Waals surface area contributed by atoms with Gasteiger partial charge < -0.3 is 9.47 Å². The molecule has 9 aromatic carbocycles. The molecule has 0 unspecified atom stereocenters. The Morgan fingerprint density at radius 2 is 0.568 bits per heavy atom. The SMILES string of the molecule is CCC1CCC(C2CCC(C#N)(C3CCC(CC)CC3)CC2)CC1.CCC1CCC(c2ccc(-c3ccc(C4CCC(CC)CC4)cc3)cc2)CC1.CCOC(=O)c1ccc(-c2ccc(OCC)cc2)cc1.CCc1ccc(-c2ccc(C3CCC(CC)CC3)cc2)cc1.CCc1ccc(CCc2ccc(-c3ccc(CC)cc3)cc2)cc1. The summed E-state index contributed by atoms with van der Waals surface area (Å²) in [6, 6.07) is 82.4. The van der Waals surface area contributed by atoms with Crippen molar-refractivity contribution in [3.05, 3.63) is 268 Å². The van der Waals surface area contributed by atoms with Crippen LogP contribution in [0.2, 0.25) is 0 Å². The first-order valence-electron chi connectivity index (χ1n) is 47.9. The highest BCUT2D eigenvalue weighted by molar-refractivity contribution is 5.90. The van der Waals surface area contributed by atoms with E-state index < -0.39 is 0 Å². The van der Waals surface area contributed by atoms with Crippen LogP contribution in [0.3, 0.4) is 0 Å². The molecule has 0 saturated heterocycles. The third-order valence-electron chi connectivity index (χ3n) is 29.6. The number of rotatable bonds is 24. The van der Waals surface area contributed by atoms with Crippen LogP contribution in [0.5, 0.6) is 5.75 Å². The van der Waals surface area contributed by atoms with Crippen LogP contribution in [0.4, 0.5) is 0 Å². The van der Waals surface area contributed by atoms with Crippen LogP contribution in [-0.2, 0) is 36.8 Å². The van der Waals surface area contributed by atoms with Crippen LogP contribution < -0.4 is 4.74 Å². The zero-order valence-corrected chi connectivity index (χ0v) is 74.8. The predicted octanol–water partition coefficient (Wildman–Crippen LogP) is 32.6. The van der Waals surface area contributed by atoms with Crippen molar-refractivity contribution >= 4 is 5.97 Å². The van der Waals surface area contributed by atoms with Gasteiger partial charge in [0.05, 0.1) is 30.3 Å². The number of ether oxygens (including phenoxy) is 2. The average molecular weight is 1580 g/mol. The van der Waals surface area contributed by atoms with Gasteiger partial charge in [0.2, 0.25) is 0 Å². The molecule has 0 radical (unpaired) electrons. The van der Waals surface area contributed by atoms with E-state index in [2.05, 4.69) is 231 Å². The normalized spacial score (nSPS) is 23.6. The van der Waals surface area contributed by atoms with Crippen LogP contribution >= 0.6 is 0 Å². The number of nitriles is 1. The molecule has 6 aliphatic rings. The summed E-state index contributed by atoms with van der Waals surface area (Å²) in [7, 11) is 0. The number of benzene rings is 9. The van der Waals surface area contributed by atoms with Gasteiger partial charge in [0, 0.05) is 0 Å². The second-order valence-corrected chi connectivity index (χ2v) is 36.4. The predicted molar refractivity (Wildman–Crippen MR) is 503 cm³/mol. The highest BCUT2D eigenvalue weighted by Gasteiger charge is 2.45. The van der Waals surface area contributed by atoms with Crippen molar-refractivity contribution in [1.29, 1.82) is 5.26 Å². The second kappa shape index (κ2) is 47.7. The van der Waals surface area contributed by atoms with E-state index in [1.165, 1.54) is 247 Å². The number of hydrogen-bond acceptors (Lipinski definition) is 4. The molecule has 628 valence electrons. The summed E-state index contributed by atoms with van der Waals surface area (Å²) in [5.41, 5.74) is 22.5. The smallest absolute Gasteiger partial charge is 0.338 e.